The number of hydrogen-bond acceptors (Lipinski definition) is 3. The number of hydrogen-bond donors (Lipinski definition) is 1. The van der Waals surface area contributed by atoms with E-state index in [4.69, 9.17) is 4.84 Å². The van der Waals surface area contributed by atoms with Crippen molar-refractivity contribution in [3.05, 3.63) is 11.1 Å². The molecule has 1 aliphatic heterocycles. The number of nitrogens with one attached hydrogen (secondary N) is 1. The molecule has 1 heterocycles. The number of nitrogens with zero attached hydrogens (tertiary/aromatic N) is 1. The fourth-order valence-corrected chi connectivity index (χ4v) is 1.14. The first-order valence-electron chi connectivity index (χ1n) is 3.75. The SMILES string of the molecule is CNC(=O)C1=C(C)CON=C1C. The van der Waals surface area contributed by atoms with Crippen molar-refractivity contribution in [3.8, 4) is 0 Å². The fraction of sp³-hybridized carbons (Fsp3) is 0.500. The van der Waals surface area contributed by atoms with Crippen LogP contribution in [0.5, 0.6) is 0 Å². The largest absolute Gasteiger partial charge is 0.391 e. The Kier molecular flexibility index (Phi) is 2.47. The molecule has 12 heavy (non-hydrogen) atoms. The third kappa shape index (κ3) is 1.47. The van der Waals surface area contributed by atoms with Crippen LogP contribution >= 0.6 is 0 Å². The Bertz CT molecular complexity index is 266. The molecule has 0 radical (unpaired) electrons. The molecule has 1 rings (SSSR count). The first-order valence-corrected chi connectivity index (χ1v) is 3.75. The van der Waals surface area contributed by atoms with Gasteiger partial charge >= 0.3 is 0 Å². The van der Waals surface area contributed by atoms with Gasteiger partial charge in [-0.1, -0.05) is 5.16 Å². The summed E-state index contributed by atoms with van der Waals surface area (Å²) in [7, 11) is 1.60. The van der Waals surface area contributed by atoms with Gasteiger partial charge in [0.25, 0.3) is 5.91 Å². The fourth-order valence-electron chi connectivity index (χ4n) is 1.14. The van der Waals surface area contributed by atoms with Crippen LogP contribution in [0.25, 0.3) is 0 Å². The second-order valence-corrected chi connectivity index (χ2v) is 2.68. The lowest BCUT2D eigenvalue weighted by Gasteiger charge is -2.14. The van der Waals surface area contributed by atoms with Gasteiger partial charge in [-0.2, -0.15) is 0 Å². The molecule has 0 aromatic heterocycles. The van der Waals surface area contributed by atoms with Crippen molar-refractivity contribution in [1.29, 1.82) is 0 Å². The Morgan fingerprint density at radius 2 is 2.25 bits per heavy atom. The van der Waals surface area contributed by atoms with Crippen molar-refractivity contribution in [3.63, 3.8) is 0 Å². The van der Waals surface area contributed by atoms with Crippen LogP contribution in [-0.4, -0.2) is 25.3 Å². The Hall–Kier alpha value is -1.32. The summed E-state index contributed by atoms with van der Waals surface area (Å²) in [5.41, 5.74) is 2.20. The van der Waals surface area contributed by atoms with E-state index in [1.165, 1.54) is 0 Å². The molecule has 0 bridgehead atoms. The summed E-state index contributed by atoms with van der Waals surface area (Å²) in [4.78, 5) is 16.2. The molecule has 0 unspecified atom stereocenters. The molecule has 1 amide bonds. The molecule has 1 N–H and O–H groups in total. The zero-order valence-electron chi connectivity index (χ0n) is 7.47. The van der Waals surface area contributed by atoms with Crippen LogP contribution < -0.4 is 5.32 Å². The quantitative estimate of drug-likeness (QED) is 0.618. The second kappa shape index (κ2) is 3.38. The van der Waals surface area contributed by atoms with Crippen molar-refractivity contribution < 1.29 is 9.63 Å². The van der Waals surface area contributed by atoms with Gasteiger partial charge in [-0.15, -0.1) is 0 Å². The Morgan fingerprint density at radius 3 is 2.75 bits per heavy atom. The Morgan fingerprint density at radius 1 is 1.58 bits per heavy atom. The maximum absolute atomic E-state index is 11.3. The van der Waals surface area contributed by atoms with Crippen LogP contribution in [0.2, 0.25) is 0 Å². The molecular formula is C8H12N2O2. The number of rotatable bonds is 1. The highest BCUT2D eigenvalue weighted by molar-refractivity contribution is 6.21. The molecule has 0 aromatic rings. The molecule has 4 heteroatoms. The van der Waals surface area contributed by atoms with Gasteiger partial charge in [-0.25, -0.2) is 0 Å². The second-order valence-electron chi connectivity index (χ2n) is 2.68. The molecular weight excluding hydrogens is 156 g/mol. The van der Waals surface area contributed by atoms with Gasteiger partial charge in [0.1, 0.15) is 6.61 Å². The van der Waals surface area contributed by atoms with E-state index in [-0.39, 0.29) is 5.91 Å². The van der Waals surface area contributed by atoms with E-state index >= 15 is 0 Å². The Balaban J connectivity index is 2.98. The van der Waals surface area contributed by atoms with Gasteiger partial charge < -0.3 is 10.2 Å². The minimum Gasteiger partial charge on any atom is -0.391 e. The third-order valence-corrected chi connectivity index (χ3v) is 1.73. The molecule has 0 saturated heterocycles. The minimum absolute atomic E-state index is 0.1000. The molecule has 0 atom stereocenters. The topological polar surface area (TPSA) is 50.7 Å². The lowest BCUT2D eigenvalue weighted by molar-refractivity contribution is -0.116. The zero-order chi connectivity index (χ0) is 9.14. The zero-order valence-corrected chi connectivity index (χ0v) is 7.47. The lowest BCUT2D eigenvalue weighted by atomic mass is 10.0. The summed E-state index contributed by atoms with van der Waals surface area (Å²) < 4.78 is 0. The van der Waals surface area contributed by atoms with Crippen LogP contribution in [0.3, 0.4) is 0 Å². The monoisotopic (exact) mass is 168 g/mol. The first kappa shape index (κ1) is 8.77. The predicted octanol–water partition coefficient (Wildman–Crippen LogP) is 0.455. The van der Waals surface area contributed by atoms with Gasteiger partial charge in [0.2, 0.25) is 0 Å². The highest BCUT2D eigenvalue weighted by Crippen LogP contribution is 2.12. The minimum atomic E-state index is -0.1000. The number of amides is 1. The summed E-state index contributed by atoms with van der Waals surface area (Å²) in [6, 6.07) is 0. The molecule has 0 fully saturated rings. The summed E-state index contributed by atoms with van der Waals surface area (Å²) in [5.74, 6) is -0.1000. The van der Waals surface area contributed by atoms with Crippen LogP contribution in [0.1, 0.15) is 13.8 Å². The van der Waals surface area contributed by atoms with Crippen molar-refractivity contribution >= 4 is 11.6 Å². The molecule has 0 saturated carbocycles. The smallest absolute Gasteiger partial charge is 0.253 e. The van der Waals surface area contributed by atoms with E-state index in [2.05, 4.69) is 10.5 Å². The number of oxime groups is 1. The van der Waals surface area contributed by atoms with E-state index in [1.54, 1.807) is 14.0 Å². The number of carbonyl (C=O) groups excluding carboxylic acids is 1. The maximum Gasteiger partial charge on any atom is 0.253 e. The first-order chi connectivity index (χ1) is 5.66. The van der Waals surface area contributed by atoms with Crippen LogP contribution in [0.4, 0.5) is 0 Å². The van der Waals surface area contributed by atoms with E-state index in [1.807, 2.05) is 6.92 Å². The van der Waals surface area contributed by atoms with Crippen molar-refractivity contribution in [2.24, 2.45) is 5.16 Å². The summed E-state index contributed by atoms with van der Waals surface area (Å²) in [6.07, 6.45) is 0. The molecule has 0 aromatic carbocycles. The molecule has 0 spiro atoms. The molecule has 1 aliphatic rings. The molecule has 4 nitrogen and oxygen atoms in total. The van der Waals surface area contributed by atoms with Gasteiger partial charge in [0.05, 0.1) is 11.3 Å². The number of carbonyl (C=O) groups is 1. The van der Waals surface area contributed by atoms with Gasteiger partial charge in [-0.3, -0.25) is 4.79 Å². The lowest BCUT2D eigenvalue weighted by Crippen LogP contribution is -2.27. The van der Waals surface area contributed by atoms with Gasteiger partial charge in [-0.05, 0) is 19.4 Å². The molecule has 66 valence electrons. The van der Waals surface area contributed by atoms with E-state index in [0.717, 1.165) is 5.57 Å². The van der Waals surface area contributed by atoms with Crippen molar-refractivity contribution in [2.45, 2.75) is 13.8 Å². The highest BCUT2D eigenvalue weighted by Gasteiger charge is 2.18. The van der Waals surface area contributed by atoms with Crippen molar-refractivity contribution in [2.75, 3.05) is 13.7 Å². The average molecular weight is 168 g/mol. The summed E-state index contributed by atoms with van der Waals surface area (Å²) in [6.45, 7) is 4.02. The van der Waals surface area contributed by atoms with Gasteiger partial charge in [0, 0.05) is 7.05 Å². The average Bonchev–Trinajstić information content (AvgIpc) is 2.03. The summed E-state index contributed by atoms with van der Waals surface area (Å²) >= 11 is 0. The van der Waals surface area contributed by atoms with E-state index in [9.17, 15) is 4.79 Å². The van der Waals surface area contributed by atoms with Crippen LogP contribution in [0, 0.1) is 0 Å². The van der Waals surface area contributed by atoms with Crippen LogP contribution in [-0.2, 0) is 9.63 Å². The standard InChI is InChI=1S/C8H12N2O2/c1-5-4-12-10-6(2)7(5)8(11)9-3/h4H2,1-3H3,(H,9,11). The Labute approximate surface area is 71.3 Å². The third-order valence-electron chi connectivity index (χ3n) is 1.73. The van der Waals surface area contributed by atoms with E-state index < -0.39 is 0 Å². The molecule has 0 aliphatic carbocycles. The van der Waals surface area contributed by atoms with Crippen LogP contribution in [0.15, 0.2) is 16.3 Å². The normalized spacial score (nSPS) is 16.8. The highest BCUT2D eigenvalue weighted by atomic mass is 16.6. The predicted molar refractivity (Wildman–Crippen MR) is 45.8 cm³/mol. The maximum atomic E-state index is 11.3. The number of likely N-dealkylation sites (N-methyl/N-ethyl adjacent to an activating group) is 1. The van der Waals surface area contributed by atoms with Gasteiger partial charge in [0.15, 0.2) is 0 Å². The van der Waals surface area contributed by atoms with E-state index in [0.29, 0.717) is 17.9 Å². The van der Waals surface area contributed by atoms with Crippen molar-refractivity contribution in [1.82, 2.24) is 5.32 Å². The summed E-state index contributed by atoms with van der Waals surface area (Å²) in [5, 5.41) is 6.29.